The smallest absolute Gasteiger partial charge is 0.153 e. The van der Waals surface area contributed by atoms with Crippen molar-refractivity contribution < 1.29 is 0 Å². The zero-order valence-electron chi connectivity index (χ0n) is 10.4. The minimum absolute atomic E-state index is 0.632. The van der Waals surface area contributed by atoms with Crippen LogP contribution in [0.4, 0.5) is 5.69 Å². The summed E-state index contributed by atoms with van der Waals surface area (Å²) in [5.41, 5.74) is 7.81. The number of nitrogens with one attached hydrogen (secondary N) is 1. The number of nitrogen functional groups attached to an aromatic ring is 1. The Morgan fingerprint density at radius 1 is 1.17 bits per heavy atom. The fourth-order valence-corrected chi connectivity index (χ4v) is 2.09. The van der Waals surface area contributed by atoms with E-state index in [1.165, 1.54) is 18.4 Å². The summed E-state index contributed by atoms with van der Waals surface area (Å²) in [4.78, 5) is 4.53. The van der Waals surface area contributed by atoms with Crippen molar-refractivity contribution in [3.8, 4) is 0 Å². The lowest BCUT2D eigenvalue weighted by atomic mass is 10.1. The molecule has 4 heteroatoms. The summed E-state index contributed by atoms with van der Waals surface area (Å²) >= 11 is 0. The number of aromatic amines is 1. The van der Waals surface area contributed by atoms with E-state index in [1.54, 1.807) is 0 Å². The monoisotopic (exact) mass is 242 g/mol. The number of benzene rings is 1. The Morgan fingerprint density at radius 3 is 2.67 bits per heavy atom. The number of H-pyrrole nitrogens is 1. The van der Waals surface area contributed by atoms with Gasteiger partial charge in [0.25, 0.3) is 0 Å². The average molecular weight is 242 g/mol. The van der Waals surface area contributed by atoms with Crippen molar-refractivity contribution in [2.45, 2.75) is 38.0 Å². The van der Waals surface area contributed by atoms with Crippen LogP contribution in [0.2, 0.25) is 0 Å². The third-order valence-electron chi connectivity index (χ3n) is 3.35. The molecule has 1 heterocycles. The van der Waals surface area contributed by atoms with Crippen LogP contribution in [-0.4, -0.2) is 15.2 Å². The lowest BCUT2D eigenvalue weighted by molar-refractivity contribution is 0.774. The molecule has 0 unspecified atom stereocenters. The summed E-state index contributed by atoms with van der Waals surface area (Å²) in [6.45, 7) is 0. The minimum atomic E-state index is 0.632. The molecule has 1 aliphatic rings. The molecule has 1 aliphatic carbocycles. The van der Waals surface area contributed by atoms with Crippen LogP contribution in [0.25, 0.3) is 0 Å². The topological polar surface area (TPSA) is 67.6 Å². The summed E-state index contributed by atoms with van der Waals surface area (Å²) in [5.74, 6) is 2.66. The van der Waals surface area contributed by atoms with E-state index in [0.717, 1.165) is 36.6 Å². The highest BCUT2D eigenvalue weighted by atomic mass is 15.2. The zero-order valence-corrected chi connectivity index (χ0v) is 10.4. The number of rotatable bonds is 5. The van der Waals surface area contributed by atoms with E-state index in [1.807, 2.05) is 12.1 Å². The first-order chi connectivity index (χ1) is 8.81. The third kappa shape index (κ3) is 2.70. The van der Waals surface area contributed by atoms with Crippen LogP contribution in [0.15, 0.2) is 24.3 Å². The molecule has 4 nitrogen and oxygen atoms in total. The van der Waals surface area contributed by atoms with E-state index in [0.29, 0.717) is 5.92 Å². The van der Waals surface area contributed by atoms with Gasteiger partial charge in [0.05, 0.1) is 0 Å². The second kappa shape index (κ2) is 4.80. The van der Waals surface area contributed by atoms with Crippen LogP contribution >= 0.6 is 0 Å². The quantitative estimate of drug-likeness (QED) is 0.791. The van der Waals surface area contributed by atoms with Crippen molar-refractivity contribution in [3.05, 3.63) is 41.5 Å². The van der Waals surface area contributed by atoms with E-state index in [4.69, 9.17) is 5.73 Å². The first-order valence-electron chi connectivity index (χ1n) is 6.57. The third-order valence-corrected chi connectivity index (χ3v) is 3.35. The van der Waals surface area contributed by atoms with E-state index in [-0.39, 0.29) is 0 Å². The van der Waals surface area contributed by atoms with Crippen LogP contribution < -0.4 is 5.73 Å². The summed E-state index contributed by atoms with van der Waals surface area (Å²) in [6.07, 6.45) is 5.61. The molecule has 0 amide bonds. The highest BCUT2D eigenvalue weighted by Crippen LogP contribution is 2.37. The van der Waals surface area contributed by atoms with Gasteiger partial charge in [0.1, 0.15) is 5.82 Å². The molecule has 0 spiro atoms. The second-order valence-electron chi connectivity index (χ2n) is 5.01. The van der Waals surface area contributed by atoms with Gasteiger partial charge in [-0.15, -0.1) is 0 Å². The summed E-state index contributed by atoms with van der Waals surface area (Å²) in [7, 11) is 0. The number of nitrogens with two attached hydrogens (primary N) is 1. The van der Waals surface area contributed by atoms with Gasteiger partial charge in [0.2, 0.25) is 0 Å². The Hall–Kier alpha value is -1.84. The van der Waals surface area contributed by atoms with Crippen molar-refractivity contribution in [1.29, 1.82) is 0 Å². The molecule has 1 aromatic heterocycles. The molecule has 3 N–H and O–H groups in total. The second-order valence-corrected chi connectivity index (χ2v) is 5.01. The van der Waals surface area contributed by atoms with Crippen molar-refractivity contribution in [2.75, 3.05) is 5.73 Å². The molecular formula is C14H18N4. The van der Waals surface area contributed by atoms with Gasteiger partial charge in [0.15, 0.2) is 5.82 Å². The highest BCUT2D eigenvalue weighted by molar-refractivity contribution is 5.39. The summed E-state index contributed by atoms with van der Waals surface area (Å²) in [6, 6.07) is 8.08. The van der Waals surface area contributed by atoms with E-state index in [9.17, 15) is 0 Å². The maximum absolute atomic E-state index is 5.66. The maximum atomic E-state index is 5.66. The predicted octanol–water partition coefficient (Wildman–Crippen LogP) is 2.44. The molecule has 94 valence electrons. The van der Waals surface area contributed by atoms with Gasteiger partial charge in [-0.25, -0.2) is 4.98 Å². The molecule has 1 aromatic carbocycles. The Morgan fingerprint density at radius 2 is 1.94 bits per heavy atom. The molecule has 0 radical (unpaired) electrons. The van der Waals surface area contributed by atoms with Crippen molar-refractivity contribution in [3.63, 3.8) is 0 Å². The van der Waals surface area contributed by atoms with Crippen LogP contribution in [0.5, 0.6) is 0 Å². The average Bonchev–Trinajstić information content (AvgIpc) is 3.12. The van der Waals surface area contributed by atoms with Gasteiger partial charge in [-0.1, -0.05) is 12.1 Å². The Labute approximate surface area is 107 Å². The normalized spacial score (nSPS) is 14.9. The fourth-order valence-electron chi connectivity index (χ4n) is 2.09. The molecule has 1 fully saturated rings. The van der Waals surface area contributed by atoms with Gasteiger partial charge in [-0.05, 0) is 43.4 Å². The Kier molecular flexibility index (Phi) is 3.00. The van der Waals surface area contributed by atoms with Crippen molar-refractivity contribution >= 4 is 5.69 Å². The first-order valence-corrected chi connectivity index (χ1v) is 6.57. The van der Waals surface area contributed by atoms with Gasteiger partial charge in [-0.2, -0.15) is 5.10 Å². The summed E-state index contributed by atoms with van der Waals surface area (Å²) < 4.78 is 0. The number of aryl methyl sites for hydroxylation is 2. The van der Waals surface area contributed by atoms with E-state index in [2.05, 4.69) is 27.3 Å². The highest BCUT2D eigenvalue weighted by Gasteiger charge is 2.27. The SMILES string of the molecule is Nc1ccc(CCCc2nc(C3CC3)n[nH]2)cc1. The van der Waals surface area contributed by atoms with E-state index < -0.39 is 0 Å². The predicted molar refractivity (Wildman–Crippen MR) is 71.2 cm³/mol. The number of anilines is 1. The first kappa shape index (κ1) is 11.3. The summed E-state index contributed by atoms with van der Waals surface area (Å²) in [5, 5.41) is 7.30. The van der Waals surface area contributed by atoms with Gasteiger partial charge >= 0.3 is 0 Å². The number of hydrogen-bond donors (Lipinski definition) is 2. The molecule has 3 rings (SSSR count). The van der Waals surface area contributed by atoms with Crippen LogP contribution in [0.3, 0.4) is 0 Å². The molecular weight excluding hydrogens is 224 g/mol. The minimum Gasteiger partial charge on any atom is -0.399 e. The van der Waals surface area contributed by atoms with Crippen molar-refractivity contribution in [2.24, 2.45) is 0 Å². The Bertz CT molecular complexity index is 511. The lowest BCUT2D eigenvalue weighted by Gasteiger charge is -2.00. The lowest BCUT2D eigenvalue weighted by Crippen LogP contribution is -1.93. The maximum Gasteiger partial charge on any atom is 0.153 e. The van der Waals surface area contributed by atoms with Gasteiger partial charge < -0.3 is 5.73 Å². The van der Waals surface area contributed by atoms with Crippen LogP contribution in [0.1, 0.15) is 42.4 Å². The molecule has 0 saturated heterocycles. The Balaban J connectivity index is 1.49. The molecule has 2 aromatic rings. The van der Waals surface area contributed by atoms with Gasteiger partial charge in [-0.3, -0.25) is 5.10 Å². The molecule has 18 heavy (non-hydrogen) atoms. The van der Waals surface area contributed by atoms with Crippen molar-refractivity contribution in [1.82, 2.24) is 15.2 Å². The zero-order chi connectivity index (χ0) is 12.4. The molecule has 0 bridgehead atoms. The number of aromatic nitrogens is 3. The number of nitrogens with zero attached hydrogens (tertiary/aromatic N) is 2. The van der Waals surface area contributed by atoms with Gasteiger partial charge in [0, 0.05) is 18.0 Å². The van der Waals surface area contributed by atoms with Crippen LogP contribution in [-0.2, 0) is 12.8 Å². The van der Waals surface area contributed by atoms with E-state index >= 15 is 0 Å². The largest absolute Gasteiger partial charge is 0.399 e. The molecule has 0 atom stereocenters. The molecule has 1 saturated carbocycles. The van der Waals surface area contributed by atoms with Crippen LogP contribution in [0, 0.1) is 0 Å². The molecule has 0 aliphatic heterocycles. The standard InChI is InChI=1S/C14H18N4/c15-12-8-4-10(5-9-12)2-1-3-13-16-14(18-17-13)11-6-7-11/h4-5,8-9,11H,1-3,6-7,15H2,(H,16,17,18). The number of hydrogen-bond acceptors (Lipinski definition) is 3. The fraction of sp³-hybridized carbons (Fsp3) is 0.429.